The Morgan fingerprint density at radius 1 is 0.722 bits per heavy atom. The van der Waals surface area contributed by atoms with Crippen molar-refractivity contribution in [1.82, 2.24) is 0 Å². The lowest BCUT2D eigenvalue weighted by Gasteiger charge is -2.37. The molecular formula is C18H34. The molecule has 0 spiro atoms. The zero-order valence-electron chi connectivity index (χ0n) is 12.6. The summed E-state index contributed by atoms with van der Waals surface area (Å²) < 4.78 is 0. The van der Waals surface area contributed by atoms with Crippen molar-refractivity contribution in [3.05, 3.63) is 0 Å². The van der Waals surface area contributed by atoms with E-state index >= 15 is 0 Å². The third kappa shape index (κ3) is 4.28. The molecule has 0 aliphatic heterocycles. The van der Waals surface area contributed by atoms with Crippen LogP contribution in [0.4, 0.5) is 0 Å². The molecule has 0 amide bonds. The van der Waals surface area contributed by atoms with E-state index in [9.17, 15) is 0 Å². The van der Waals surface area contributed by atoms with E-state index in [2.05, 4.69) is 6.92 Å². The Morgan fingerprint density at radius 3 is 1.83 bits per heavy atom. The summed E-state index contributed by atoms with van der Waals surface area (Å²) in [5, 5.41) is 0. The van der Waals surface area contributed by atoms with Crippen molar-refractivity contribution in [2.45, 2.75) is 96.8 Å². The molecule has 106 valence electrons. The Bertz CT molecular complexity index is 198. The van der Waals surface area contributed by atoms with Crippen molar-refractivity contribution >= 4 is 0 Å². The van der Waals surface area contributed by atoms with Crippen LogP contribution in [0.25, 0.3) is 0 Å². The van der Waals surface area contributed by atoms with Gasteiger partial charge in [0.2, 0.25) is 0 Å². The van der Waals surface area contributed by atoms with Crippen LogP contribution in [0, 0.1) is 17.8 Å². The molecular weight excluding hydrogens is 216 g/mol. The monoisotopic (exact) mass is 250 g/mol. The molecule has 1 unspecified atom stereocenters. The minimum Gasteiger partial charge on any atom is -0.0654 e. The highest BCUT2D eigenvalue weighted by molar-refractivity contribution is 4.84. The molecule has 0 heterocycles. The molecule has 18 heavy (non-hydrogen) atoms. The second-order valence-electron chi connectivity index (χ2n) is 6.96. The fourth-order valence-electron chi connectivity index (χ4n) is 4.27. The fraction of sp³-hybridized carbons (Fsp3) is 1.00. The highest BCUT2D eigenvalue weighted by Gasteiger charge is 2.33. The van der Waals surface area contributed by atoms with Crippen LogP contribution in [0.5, 0.6) is 0 Å². The molecule has 2 fully saturated rings. The summed E-state index contributed by atoms with van der Waals surface area (Å²) in [5.41, 5.74) is 0. The molecule has 0 aromatic heterocycles. The van der Waals surface area contributed by atoms with E-state index in [1.807, 2.05) is 0 Å². The van der Waals surface area contributed by atoms with Gasteiger partial charge in [-0.3, -0.25) is 0 Å². The Kier molecular flexibility index (Phi) is 6.59. The van der Waals surface area contributed by atoms with Gasteiger partial charge < -0.3 is 0 Å². The summed E-state index contributed by atoms with van der Waals surface area (Å²) in [6.07, 6.45) is 21.3. The van der Waals surface area contributed by atoms with E-state index in [0.717, 1.165) is 17.8 Å². The van der Waals surface area contributed by atoms with Crippen LogP contribution in [-0.4, -0.2) is 0 Å². The Labute approximate surface area is 115 Å². The van der Waals surface area contributed by atoms with Crippen molar-refractivity contribution in [2.75, 3.05) is 0 Å². The van der Waals surface area contributed by atoms with Gasteiger partial charge in [-0.05, 0) is 24.2 Å². The Hall–Kier alpha value is 0. The topological polar surface area (TPSA) is 0 Å². The summed E-state index contributed by atoms with van der Waals surface area (Å²) in [5.74, 6) is 3.40. The number of unbranched alkanes of at least 4 members (excludes halogenated alkanes) is 5. The molecule has 0 heteroatoms. The van der Waals surface area contributed by atoms with Gasteiger partial charge in [0.25, 0.3) is 0 Å². The standard InChI is InChI=1S/C18H34/c1-2-3-4-5-6-7-15-18(17-13-10-14-17)16-11-8-9-12-16/h16-18H,2-15H2,1H3. The van der Waals surface area contributed by atoms with E-state index in [1.165, 1.54) is 57.8 Å². The van der Waals surface area contributed by atoms with E-state index in [1.54, 1.807) is 32.1 Å². The van der Waals surface area contributed by atoms with E-state index in [-0.39, 0.29) is 0 Å². The second-order valence-corrected chi connectivity index (χ2v) is 6.96. The number of rotatable bonds is 9. The SMILES string of the molecule is CCCCCCCCC(C1CCCC1)C1CCC1. The molecule has 0 saturated heterocycles. The first kappa shape index (κ1) is 14.4. The van der Waals surface area contributed by atoms with Crippen LogP contribution >= 0.6 is 0 Å². The van der Waals surface area contributed by atoms with Crippen molar-refractivity contribution in [2.24, 2.45) is 17.8 Å². The molecule has 2 rings (SSSR count). The molecule has 1 atom stereocenters. The van der Waals surface area contributed by atoms with Crippen LogP contribution < -0.4 is 0 Å². The van der Waals surface area contributed by atoms with Gasteiger partial charge in [-0.2, -0.15) is 0 Å². The predicted octanol–water partition coefficient (Wildman–Crippen LogP) is 6.34. The van der Waals surface area contributed by atoms with E-state index < -0.39 is 0 Å². The largest absolute Gasteiger partial charge is 0.0654 e. The minimum atomic E-state index is 1.13. The molecule has 0 N–H and O–H groups in total. The van der Waals surface area contributed by atoms with Crippen molar-refractivity contribution < 1.29 is 0 Å². The number of hydrogen-bond acceptors (Lipinski definition) is 0. The van der Waals surface area contributed by atoms with Gasteiger partial charge in [-0.1, -0.05) is 90.4 Å². The second kappa shape index (κ2) is 8.23. The third-order valence-electron chi connectivity index (χ3n) is 5.65. The lowest BCUT2D eigenvalue weighted by atomic mass is 9.68. The quantitative estimate of drug-likeness (QED) is 0.419. The summed E-state index contributed by atoms with van der Waals surface area (Å²) in [6.45, 7) is 2.31. The molecule has 2 aliphatic rings. The van der Waals surface area contributed by atoms with E-state index in [4.69, 9.17) is 0 Å². The maximum Gasteiger partial charge on any atom is -0.0357 e. The molecule has 2 saturated carbocycles. The van der Waals surface area contributed by atoms with Crippen molar-refractivity contribution in [3.8, 4) is 0 Å². The maximum atomic E-state index is 2.31. The van der Waals surface area contributed by atoms with Gasteiger partial charge >= 0.3 is 0 Å². The number of hydrogen-bond donors (Lipinski definition) is 0. The van der Waals surface area contributed by atoms with Gasteiger partial charge in [0, 0.05) is 0 Å². The normalized spacial score (nSPS) is 23.2. The van der Waals surface area contributed by atoms with Gasteiger partial charge in [-0.25, -0.2) is 0 Å². The van der Waals surface area contributed by atoms with Crippen LogP contribution in [0.3, 0.4) is 0 Å². The van der Waals surface area contributed by atoms with Crippen LogP contribution in [0.2, 0.25) is 0 Å². The molecule has 0 radical (unpaired) electrons. The highest BCUT2D eigenvalue weighted by atomic mass is 14.4. The van der Waals surface area contributed by atoms with Crippen LogP contribution in [0.15, 0.2) is 0 Å². The molecule has 0 nitrogen and oxygen atoms in total. The van der Waals surface area contributed by atoms with Crippen LogP contribution in [0.1, 0.15) is 96.8 Å². The fourth-order valence-corrected chi connectivity index (χ4v) is 4.27. The smallest absolute Gasteiger partial charge is 0.0357 e. The Balaban J connectivity index is 1.62. The summed E-state index contributed by atoms with van der Waals surface area (Å²) in [6, 6.07) is 0. The Morgan fingerprint density at radius 2 is 1.28 bits per heavy atom. The molecule has 0 bridgehead atoms. The van der Waals surface area contributed by atoms with Gasteiger partial charge in [-0.15, -0.1) is 0 Å². The van der Waals surface area contributed by atoms with Crippen LogP contribution in [-0.2, 0) is 0 Å². The summed E-state index contributed by atoms with van der Waals surface area (Å²) in [7, 11) is 0. The summed E-state index contributed by atoms with van der Waals surface area (Å²) >= 11 is 0. The highest BCUT2D eigenvalue weighted by Crippen LogP contribution is 2.45. The van der Waals surface area contributed by atoms with Gasteiger partial charge in [0.15, 0.2) is 0 Å². The van der Waals surface area contributed by atoms with E-state index in [0.29, 0.717) is 0 Å². The lowest BCUT2D eigenvalue weighted by molar-refractivity contribution is 0.132. The van der Waals surface area contributed by atoms with Crippen molar-refractivity contribution in [1.29, 1.82) is 0 Å². The van der Waals surface area contributed by atoms with Gasteiger partial charge in [0.1, 0.15) is 0 Å². The predicted molar refractivity (Wildman–Crippen MR) is 80.8 cm³/mol. The lowest BCUT2D eigenvalue weighted by Crippen LogP contribution is -2.27. The zero-order valence-corrected chi connectivity index (χ0v) is 12.6. The zero-order chi connectivity index (χ0) is 12.6. The maximum absolute atomic E-state index is 2.31. The summed E-state index contributed by atoms with van der Waals surface area (Å²) in [4.78, 5) is 0. The molecule has 0 aromatic rings. The first-order valence-electron chi connectivity index (χ1n) is 8.92. The first-order chi connectivity index (χ1) is 8.92. The molecule has 2 aliphatic carbocycles. The third-order valence-corrected chi connectivity index (χ3v) is 5.65. The average Bonchev–Trinajstić information content (AvgIpc) is 2.83. The molecule has 0 aromatic carbocycles. The van der Waals surface area contributed by atoms with Crippen molar-refractivity contribution in [3.63, 3.8) is 0 Å². The minimum absolute atomic E-state index is 1.13. The average molecular weight is 250 g/mol. The van der Waals surface area contributed by atoms with Gasteiger partial charge in [0.05, 0.1) is 0 Å². The first-order valence-corrected chi connectivity index (χ1v) is 8.92.